The predicted molar refractivity (Wildman–Crippen MR) is 136 cm³/mol. The number of hydrogen-bond acceptors (Lipinski definition) is 3. The van der Waals surface area contributed by atoms with Crippen LogP contribution in [0.25, 0.3) is 0 Å². The summed E-state index contributed by atoms with van der Waals surface area (Å²) in [5.74, 6) is 0.713. The van der Waals surface area contributed by atoms with Gasteiger partial charge in [0.05, 0.1) is 0 Å². The molecular formula is C27H50O3Sn. The molecule has 0 heterocycles. The molecule has 0 aliphatic heterocycles. The molecule has 0 radical (unpaired) electrons. The second-order valence-electron chi connectivity index (χ2n) is 9.44. The van der Waals surface area contributed by atoms with Gasteiger partial charge in [-0.2, -0.15) is 0 Å². The van der Waals surface area contributed by atoms with Gasteiger partial charge < -0.3 is 0 Å². The van der Waals surface area contributed by atoms with Crippen molar-refractivity contribution in [3.05, 3.63) is 35.9 Å². The fraction of sp³-hybridized carbons (Fsp3) is 0.778. The van der Waals surface area contributed by atoms with Gasteiger partial charge >= 0.3 is 198 Å². The van der Waals surface area contributed by atoms with E-state index in [1.165, 1.54) is 48.5 Å². The first kappa shape index (κ1) is 28.9. The first-order valence-corrected chi connectivity index (χ1v) is 20.9. The van der Waals surface area contributed by atoms with Crippen molar-refractivity contribution >= 4 is 18.4 Å². The van der Waals surface area contributed by atoms with Crippen molar-refractivity contribution in [2.45, 2.75) is 96.5 Å². The van der Waals surface area contributed by atoms with Crippen molar-refractivity contribution < 1.29 is 14.2 Å². The molecule has 0 spiro atoms. The van der Waals surface area contributed by atoms with E-state index in [4.69, 9.17) is 14.2 Å². The van der Waals surface area contributed by atoms with Gasteiger partial charge in [0.2, 0.25) is 0 Å². The molecule has 0 fully saturated rings. The molecule has 1 rings (SSSR count). The molecule has 180 valence electrons. The zero-order valence-electron chi connectivity index (χ0n) is 21.2. The second-order valence-corrected chi connectivity index (χ2v) is 23.4. The average molecular weight is 541 g/mol. The Labute approximate surface area is 197 Å². The van der Waals surface area contributed by atoms with Gasteiger partial charge in [0.15, 0.2) is 0 Å². The first-order valence-electron chi connectivity index (χ1n) is 12.8. The summed E-state index contributed by atoms with van der Waals surface area (Å²) in [5.41, 5.74) is 1.28. The molecule has 0 bridgehead atoms. The van der Waals surface area contributed by atoms with E-state index in [1.54, 1.807) is 20.4 Å². The van der Waals surface area contributed by atoms with Crippen LogP contribution in [0.3, 0.4) is 0 Å². The fourth-order valence-corrected chi connectivity index (χ4v) is 22.9. The minimum atomic E-state index is -2.13. The molecule has 0 amide bonds. The summed E-state index contributed by atoms with van der Waals surface area (Å²) in [6, 6.07) is 10.7. The molecule has 3 nitrogen and oxygen atoms in total. The molecule has 0 aliphatic rings. The Morgan fingerprint density at radius 2 is 1.42 bits per heavy atom. The van der Waals surface area contributed by atoms with Crippen molar-refractivity contribution in [3.8, 4) is 0 Å². The van der Waals surface area contributed by atoms with Gasteiger partial charge in [0.25, 0.3) is 0 Å². The summed E-state index contributed by atoms with van der Waals surface area (Å²) in [5, 5.41) is 0. The zero-order chi connectivity index (χ0) is 22.8. The number of unbranched alkanes of at least 4 members (excludes halogenated alkanes) is 3. The molecule has 0 saturated heterocycles. The average Bonchev–Trinajstić information content (AvgIpc) is 2.79. The molecule has 1 aromatic carbocycles. The van der Waals surface area contributed by atoms with Crippen LogP contribution in [0.5, 0.6) is 0 Å². The van der Waals surface area contributed by atoms with E-state index in [9.17, 15) is 0 Å². The minimum absolute atomic E-state index is 0.117. The Morgan fingerprint density at radius 1 is 0.839 bits per heavy atom. The first-order chi connectivity index (χ1) is 15.1. The summed E-state index contributed by atoms with van der Waals surface area (Å²) in [7, 11) is 1.70. The Kier molecular flexibility index (Phi) is 17.1. The van der Waals surface area contributed by atoms with E-state index >= 15 is 0 Å². The third-order valence-electron chi connectivity index (χ3n) is 6.54. The van der Waals surface area contributed by atoms with Gasteiger partial charge in [0.1, 0.15) is 0 Å². The Balaban J connectivity index is 2.83. The number of ether oxygens (including phenoxy) is 3. The quantitative estimate of drug-likeness (QED) is 0.0946. The summed E-state index contributed by atoms with van der Waals surface area (Å²) in [4.78, 5) is 0. The van der Waals surface area contributed by atoms with Gasteiger partial charge in [0, 0.05) is 0 Å². The molecule has 0 aromatic heterocycles. The van der Waals surface area contributed by atoms with Crippen LogP contribution < -0.4 is 0 Å². The summed E-state index contributed by atoms with van der Waals surface area (Å²) < 4.78 is 23.2. The van der Waals surface area contributed by atoms with Crippen LogP contribution in [-0.2, 0) is 14.2 Å². The van der Waals surface area contributed by atoms with Gasteiger partial charge in [-0.3, -0.25) is 0 Å². The zero-order valence-corrected chi connectivity index (χ0v) is 24.0. The number of benzene rings is 1. The van der Waals surface area contributed by atoms with E-state index in [1.807, 2.05) is 0 Å². The number of methoxy groups -OCH3 is 1. The molecule has 31 heavy (non-hydrogen) atoms. The van der Waals surface area contributed by atoms with Crippen LogP contribution in [0.2, 0.25) is 17.7 Å². The van der Waals surface area contributed by atoms with Crippen LogP contribution in [0.4, 0.5) is 0 Å². The van der Waals surface area contributed by atoms with E-state index in [0.717, 1.165) is 6.42 Å². The molecule has 1 aromatic rings. The summed E-state index contributed by atoms with van der Waals surface area (Å²) in [6.07, 6.45) is 9.60. The topological polar surface area (TPSA) is 27.7 Å². The molecule has 4 heteroatoms. The van der Waals surface area contributed by atoms with E-state index in [0.29, 0.717) is 25.9 Å². The summed E-state index contributed by atoms with van der Waals surface area (Å²) >= 11 is -2.13. The Morgan fingerprint density at radius 3 is 1.94 bits per heavy atom. The molecule has 0 N–H and O–H groups in total. The molecular weight excluding hydrogens is 491 g/mol. The molecule has 2 atom stereocenters. The van der Waals surface area contributed by atoms with Crippen LogP contribution in [0.1, 0.15) is 84.3 Å². The number of rotatable bonds is 20. The predicted octanol–water partition coefficient (Wildman–Crippen LogP) is 8.24. The van der Waals surface area contributed by atoms with Crippen molar-refractivity contribution in [1.29, 1.82) is 0 Å². The van der Waals surface area contributed by atoms with Crippen LogP contribution in [0, 0.1) is 5.92 Å². The molecule has 0 saturated carbocycles. The normalized spacial score (nSPS) is 14.0. The van der Waals surface area contributed by atoms with Crippen molar-refractivity contribution in [1.82, 2.24) is 0 Å². The second kappa shape index (κ2) is 18.3. The van der Waals surface area contributed by atoms with Gasteiger partial charge in [-0.1, -0.05) is 0 Å². The summed E-state index contributed by atoms with van der Waals surface area (Å²) in [6.45, 7) is 11.1. The van der Waals surface area contributed by atoms with Crippen molar-refractivity contribution in [2.75, 3.05) is 27.1 Å². The monoisotopic (exact) mass is 542 g/mol. The molecule has 0 unspecified atom stereocenters. The van der Waals surface area contributed by atoms with E-state index in [-0.39, 0.29) is 6.10 Å². The van der Waals surface area contributed by atoms with E-state index in [2.05, 4.69) is 58.0 Å². The molecule has 0 aliphatic carbocycles. The third kappa shape index (κ3) is 12.6. The van der Waals surface area contributed by atoms with Crippen LogP contribution >= 0.6 is 0 Å². The third-order valence-corrected chi connectivity index (χ3v) is 23.1. The van der Waals surface area contributed by atoms with Gasteiger partial charge in [-0.15, -0.1) is 0 Å². The SMILES string of the molecule is CCC[CH2][Sn]([CH2]CCC)([CH2]CCC)[CH2][C@H](C)C[C@H](OCOCCOC)c1ccccc1. The number of hydrogen-bond donors (Lipinski definition) is 0. The Hall–Kier alpha value is -0.101. The van der Waals surface area contributed by atoms with Crippen molar-refractivity contribution in [3.63, 3.8) is 0 Å². The Bertz CT molecular complexity index is 501. The van der Waals surface area contributed by atoms with Crippen LogP contribution in [-0.4, -0.2) is 45.5 Å². The maximum absolute atomic E-state index is 6.25. The van der Waals surface area contributed by atoms with Crippen LogP contribution in [0.15, 0.2) is 30.3 Å². The van der Waals surface area contributed by atoms with Gasteiger partial charge in [-0.05, 0) is 0 Å². The van der Waals surface area contributed by atoms with Gasteiger partial charge in [-0.25, -0.2) is 0 Å². The fourth-order valence-electron chi connectivity index (χ4n) is 4.82. The van der Waals surface area contributed by atoms with E-state index < -0.39 is 18.4 Å². The standard InChI is InChI=1S/C15H23O3.3C4H9.Sn/c1-13(2)11-15(14-7-5-4-6-8-14)18-12-17-10-9-16-3;3*1-3-4-2;/h4-8,13,15H,1,9-12H2,2-3H3;3*1,3-4H2,2H3;/t13-,15+;;;;/m1..../s1. The maximum atomic E-state index is 6.25. The van der Waals surface area contributed by atoms with Crippen molar-refractivity contribution in [2.24, 2.45) is 5.92 Å².